The fourth-order valence-corrected chi connectivity index (χ4v) is 2.19. The summed E-state index contributed by atoms with van der Waals surface area (Å²) in [4.78, 5) is 0. The zero-order chi connectivity index (χ0) is 13.7. The van der Waals surface area contributed by atoms with Crippen molar-refractivity contribution in [3.05, 3.63) is 71.3 Å². The van der Waals surface area contributed by atoms with Gasteiger partial charge in [-0.1, -0.05) is 42.5 Å². The van der Waals surface area contributed by atoms with Crippen LogP contribution in [0.4, 0.5) is 0 Å². The molecule has 2 atom stereocenters. The van der Waals surface area contributed by atoms with Crippen LogP contribution >= 0.6 is 0 Å². The van der Waals surface area contributed by atoms with Crippen molar-refractivity contribution in [2.45, 2.75) is 25.9 Å². The van der Waals surface area contributed by atoms with Crippen molar-refractivity contribution < 1.29 is 0 Å². The zero-order valence-corrected chi connectivity index (χ0v) is 11.3. The van der Waals surface area contributed by atoms with Crippen molar-refractivity contribution in [2.24, 2.45) is 0 Å². The van der Waals surface area contributed by atoms with Crippen LogP contribution in [-0.4, -0.2) is 0 Å². The third kappa shape index (κ3) is 3.43. The third-order valence-corrected chi connectivity index (χ3v) is 3.32. The summed E-state index contributed by atoms with van der Waals surface area (Å²) < 4.78 is 0. The molecule has 0 aliphatic rings. The van der Waals surface area contributed by atoms with E-state index in [0.29, 0.717) is 5.56 Å². The van der Waals surface area contributed by atoms with E-state index < -0.39 is 0 Å². The highest BCUT2D eigenvalue weighted by Gasteiger charge is 2.11. The first kappa shape index (κ1) is 13.3. The summed E-state index contributed by atoms with van der Waals surface area (Å²) in [6, 6.07) is 20.8. The summed E-state index contributed by atoms with van der Waals surface area (Å²) in [5.41, 5.74) is 3.12. The second-order valence-corrected chi connectivity index (χ2v) is 4.76. The molecule has 2 heteroatoms. The van der Waals surface area contributed by atoms with Gasteiger partial charge in [-0.25, -0.2) is 0 Å². The lowest BCUT2D eigenvalue weighted by molar-refractivity contribution is 0.494. The number of rotatable bonds is 4. The standard InChI is InChI=1S/C17H18N2/c1-13(16-8-4-3-5-9-16)19-14(2)17-10-6-7-15(11-17)12-18/h3-11,13-14,19H,1-2H3. The summed E-state index contributed by atoms with van der Waals surface area (Å²) >= 11 is 0. The fraction of sp³-hybridized carbons (Fsp3) is 0.235. The van der Waals surface area contributed by atoms with Crippen molar-refractivity contribution in [3.63, 3.8) is 0 Å². The first-order valence-electron chi connectivity index (χ1n) is 6.52. The molecular weight excluding hydrogens is 232 g/mol. The van der Waals surface area contributed by atoms with Gasteiger partial charge in [-0.15, -0.1) is 0 Å². The van der Waals surface area contributed by atoms with Crippen LogP contribution in [0.15, 0.2) is 54.6 Å². The van der Waals surface area contributed by atoms with Crippen molar-refractivity contribution >= 4 is 0 Å². The SMILES string of the molecule is CC(NC(C)c1cccc(C#N)c1)c1ccccc1. The van der Waals surface area contributed by atoms with Crippen molar-refractivity contribution in [3.8, 4) is 6.07 Å². The maximum absolute atomic E-state index is 8.93. The fourth-order valence-electron chi connectivity index (χ4n) is 2.19. The van der Waals surface area contributed by atoms with Crippen LogP contribution < -0.4 is 5.32 Å². The molecule has 2 unspecified atom stereocenters. The maximum Gasteiger partial charge on any atom is 0.0991 e. The molecule has 0 aromatic heterocycles. The van der Waals surface area contributed by atoms with Gasteiger partial charge in [0.05, 0.1) is 11.6 Å². The minimum atomic E-state index is 0.212. The normalized spacial score (nSPS) is 13.5. The molecule has 2 aromatic rings. The van der Waals surface area contributed by atoms with E-state index in [-0.39, 0.29) is 12.1 Å². The summed E-state index contributed by atoms with van der Waals surface area (Å²) in [7, 11) is 0. The molecule has 0 fully saturated rings. The van der Waals surface area contributed by atoms with Crippen LogP contribution in [-0.2, 0) is 0 Å². The highest BCUT2D eigenvalue weighted by Crippen LogP contribution is 2.19. The number of hydrogen-bond donors (Lipinski definition) is 1. The number of hydrogen-bond acceptors (Lipinski definition) is 2. The zero-order valence-electron chi connectivity index (χ0n) is 11.3. The lowest BCUT2D eigenvalue weighted by Crippen LogP contribution is -2.22. The Bertz CT molecular complexity index is 569. The molecule has 0 radical (unpaired) electrons. The van der Waals surface area contributed by atoms with Gasteiger partial charge in [0, 0.05) is 12.1 Å². The second-order valence-electron chi connectivity index (χ2n) is 4.76. The Hall–Kier alpha value is -2.11. The van der Waals surface area contributed by atoms with Crippen LogP contribution in [0.3, 0.4) is 0 Å². The summed E-state index contributed by atoms with van der Waals surface area (Å²) in [6.07, 6.45) is 0. The predicted octanol–water partition coefficient (Wildman–Crippen LogP) is 3.97. The Morgan fingerprint density at radius 1 is 0.895 bits per heavy atom. The number of benzene rings is 2. The molecule has 1 N–H and O–H groups in total. The molecule has 0 saturated carbocycles. The first-order valence-corrected chi connectivity index (χ1v) is 6.52. The lowest BCUT2D eigenvalue weighted by atomic mass is 10.0. The topological polar surface area (TPSA) is 35.8 Å². The van der Waals surface area contributed by atoms with Crippen LogP contribution in [0.25, 0.3) is 0 Å². The molecule has 0 amide bonds. The molecule has 0 saturated heterocycles. The molecule has 0 spiro atoms. The Labute approximate surface area is 114 Å². The van der Waals surface area contributed by atoms with Gasteiger partial charge in [0.25, 0.3) is 0 Å². The van der Waals surface area contributed by atoms with Gasteiger partial charge in [0.1, 0.15) is 0 Å². The number of nitrogens with one attached hydrogen (secondary N) is 1. The lowest BCUT2D eigenvalue weighted by Gasteiger charge is -2.21. The van der Waals surface area contributed by atoms with Crippen LogP contribution in [0, 0.1) is 11.3 Å². The highest BCUT2D eigenvalue weighted by atomic mass is 14.9. The van der Waals surface area contributed by atoms with E-state index in [0.717, 1.165) is 5.56 Å². The van der Waals surface area contributed by atoms with E-state index >= 15 is 0 Å². The minimum absolute atomic E-state index is 0.212. The van der Waals surface area contributed by atoms with Gasteiger partial charge >= 0.3 is 0 Å². The van der Waals surface area contributed by atoms with E-state index in [1.165, 1.54) is 5.56 Å². The van der Waals surface area contributed by atoms with Crippen LogP contribution in [0.5, 0.6) is 0 Å². The van der Waals surface area contributed by atoms with E-state index in [2.05, 4.69) is 55.6 Å². The molecule has 0 aliphatic carbocycles. The van der Waals surface area contributed by atoms with Crippen LogP contribution in [0.2, 0.25) is 0 Å². The third-order valence-electron chi connectivity index (χ3n) is 3.32. The van der Waals surface area contributed by atoms with Gasteiger partial charge < -0.3 is 5.32 Å². The van der Waals surface area contributed by atoms with E-state index in [1.54, 1.807) is 0 Å². The summed E-state index contributed by atoms with van der Waals surface area (Å²) in [6.45, 7) is 4.27. The van der Waals surface area contributed by atoms with E-state index in [9.17, 15) is 0 Å². The molecule has 0 bridgehead atoms. The molecule has 2 rings (SSSR count). The summed E-state index contributed by atoms with van der Waals surface area (Å²) in [5, 5.41) is 12.5. The molecule has 0 aliphatic heterocycles. The van der Waals surface area contributed by atoms with E-state index in [4.69, 9.17) is 5.26 Å². The van der Waals surface area contributed by atoms with E-state index in [1.807, 2.05) is 24.3 Å². The Balaban J connectivity index is 2.08. The van der Waals surface area contributed by atoms with Crippen molar-refractivity contribution in [2.75, 3.05) is 0 Å². The van der Waals surface area contributed by atoms with Crippen molar-refractivity contribution in [1.82, 2.24) is 5.32 Å². The average Bonchev–Trinajstić information content (AvgIpc) is 2.48. The smallest absolute Gasteiger partial charge is 0.0991 e. The van der Waals surface area contributed by atoms with Gasteiger partial charge in [-0.3, -0.25) is 0 Å². The van der Waals surface area contributed by atoms with Crippen molar-refractivity contribution in [1.29, 1.82) is 5.26 Å². The predicted molar refractivity (Wildman–Crippen MR) is 77.6 cm³/mol. The number of nitrogens with zero attached hydrogens (tertiary/aromatic N) is 1. The maximum atomic E-state index is 8.93. The first-order chi connectivity index (χ1) is 9.20. The van der Waals surface area contributed by atoms with Gasteiger partial charge in [-0.05, 0) is 37.1 Å². The average molecular weight is 250 g/mol. The molecule has 2 nitrogen and oxygen atoms in total. The Morgan fingerprint density at radius 3 is 2.21 bits per heavy atom. The quantitative estimate of drug-likeness (QED) is 0.891. The largest absolute Gasteiger partial charge is 0.304 e. The number of nitriles is 1. The van der Waals surface area contributed by atoms with Gasteiger partial charge in [0.15, 0.2) is 0 Å². The molecule has 19 heavy (non-hydrogen) atoms. The highest BCUT2D eigenvalue weighted by molar-refractivity contribution is 5.34. The molecule has 0 heterocycles. The minimum Gasteiger partial charge on any atom is -0.304 e. The van der Waals surface area contributed by atoms with Gasteiger partial charge in [-0.2, -0.15) is 5.26 Å². The van der Waals surface area contributed by atoms with Crippen LogP contribution in [0.1, 0.15) is 42.6 Å². The summed E-state index contributed by atoms with van der Waals surface area (Å²) in [5.74, 6) is 0. The Morgan fingerprint density at radius 2 is 1.53 bits per heavy atom. The monoisotopic (exact) mass is 250 g/mol. The molecular formula is C17H18N2. The molecule has 2 aromatic carbocycles. The van der Waals surface area contributed by atoms with Gasteiger partial charge in [0.2, 0.25) is 0 Å². The second kappa shape index (κ2) is 6.17. The Kier molecular flexibility index (Phi) is 4.33. The molecule has 96 valence electrons.